The summed E-state index contributed by atoms with van der Waals surface area (Å²) in [5.74, 6) is -2.10. The summed E-state index contributed by atoms with van der Waals surface area (Å²) >= 11 is 0. The van der Waals surface area contributed by atoms with Gasteiger partial charge in [0.25, 0.3) is 5.91 Å². The molecule has 0 unspecified atom stereocenters. The summed E-state index contributed by atoms with van der Waals surface area (Å²) in [5.41, 5.74) is 0. The van der Waals surface area contributed by atoms with Gasteiger partial charge in [-0.15, -0.1) is 0 Å². The first kappa shape index (κ1) is 13.1. The molecule has 0 saturated carbocycles. The zero-order valence-electron chi connectivity index (χ0n) is 14.9. The number of alkyl halides is 1. The monoisotopic (exact) mass is 320 g/mol. The lowest BCUT2D eigenvalue weighted by atomic mass is 9.97. The molecule has 0 spiro atoms. The average molecular weight is 320 g/mol. The van der Waals surface area contributed by atoms with Gasteiger partial charge in [-0.2, -0.15) is 0 Å². The molecule has 1 aromatic carbocycles. The molecule has 1 aliphatic rings. The number of pyridine rings is 1. The highest BCUT2D eigenvalue weighted by Crippen LogP contribution is 2.29. The van der Waals surface area contributed by atoms with Crippen LogP contribution in [0.25, 0.3) is 10.8 Å². The molecule has 1 amide bonds. The molecule has 6 heteroatoms. The molecule has 122 valence electrons. The first-order valence-corrected chi connectivity index (χ1v) is 7.39. The Morgan fingerprint density at radius 3 is 3.00 bits per heavy atom. The lowest BCUT2D eigenvalue weighted by Crippen LogP contribution is -2.34. The van der Waals surface area contributed by atoms with E-state index in [4.69, 9.17) is 12.2 Å². The van der Waals surface area contributed by atoms with Gasteiger partial charge in [-0.05, 0) is 30.0 Å². The van der Waals surface area contributed by atoms with Crippen LogP contribution < -0.4 is 14.8 Å². The second-order valence-electron chi connectivity index (χ2n) is 5.23. The summed E-state index contributed by atoms with van der Waals surface area (Å²) in [6.45, 7) is 1.42. The van der Waals surface area contributed by atoms with Crippen LogP contribution in [0.15, 0.2) is 30.5 Å². The Morgan fingerprint density at radius 2 is 2.26 bits per heavy atom. The summed E-state index contributed by atoms with van der Waals surface area (Å²) in [6.07, 6.45) is -1.43. The molecule has 3 atom stereocenters. The van der Waals surface area contributed by atoms with Gasteiger partial charge in [0, 0.05) is 18.8 Å². The summed E-state index contributed by atoms with van der Waals surface area (Å²) in [4.78, 5) is 15.9. The van der Waals surface area contributed by atoms with Gasteiger partial charge in [0.05, 0.1) is 14.5 Å². The number of amides is 1. The van der Waals surface area contributed by atoms with Crippen molar-refractivity contribution in [1.82, 2.24) is 10.3 Å². The Hall–Kier alpha value is -2.37. The van der Waals surface area contributed by atoms with E-state index in [9.17, 15) is 9.18 Å². The average Bonchev–Trinajstić information content (AvgIpc) is 2.79. The number of rotatable bonds is 5. The highest BCUT2D eigenvalue weighted by atomic mass is 19.1. The molecular formula is C17H19FN2O3. The molecule has 0 bridgehead atoms. The molecule has 0 aliphatic carbocycles. The minimum atomic E-state index is -3.01. The predicted octanol–water partition coefficient (Wildman–Crippen LogP) is 2.48. The number of ether oxygens (including phenoxy) is 2. The van der Waals surface area contributed by atoms with Crippen LogP contribution in [0.4, 0.5) is 4.39 Å². The number of carbonyl (C=O) groups is 1. The Bertz CT molecular complexity index is 818. The van der Waals surface area contributed by atoms with Gasteiger partial charge in [-0.1, -0.05) is 13.0 Å². The predicted molar refractivity (Wildman–Crippen MR) is 84.4 cm³/mol. The SMILES string of the molecule is [2H][C@]1(CC)[C@@H](COc2nccc3ccc(OC)cc23)NC(=O)[C@@]1([2H])F. The second-order valence-corrected chi connectivity index (χ2v) is 5.23. The molecule has 2 aromatic rings. The number of aromatic nitrogens is 1. The molecule has 1 saturated heterocycles. The minimum absolute atomic E-state index is 0.00342. The van der Waals surface area contributed by atoms with Gasteiger partial charge in [0.1, 0.15) is 12.4 Å². The fourth-order valence-corrected chi connectivity index (χ4v) is 2.68. The summed E-state index contributed by atoms with van der Waals surface area (Å²) in [6, 6.07) is 6.30. The van der Waals surface area contributed by atoms with Crippen molar-refractivity contribution in [3.8, 4) is 11.6 Å². The number of fused-ring (bicyclic) bond motifs is 1. The van der Waals surface area contributed by atoms with Crippen LogP contribution in [0.2, 0.25) is 0 Å². The maximum Gasteiger partial charge on any atom is 0.255 e. The minimum Gasteiger partial charge on any atom is -0.497 e. The van der Waals surface area contributed by atoms with Gasteiger partial charge in [-0.25, -0.2) is 9.37 Å². The van der Waals surface area contributed by atoms with E-state index in [0.29, 0.717) is 17.0 Å². The summed E-state index contributed by atoms with van der Waals surface area (Å²) in [5, 5.41) is 3.95. The van der Waals surface area contributed by atoms with Crippen molar-refractivity contribution in [2.24, 2.45) is 5.89 Å². The quantitative estimate of drug-likeness (QED) is 0.919. The van der Waals surface area contributed by atoms with E-state index in [1.807, 2.05) is 18.2 Å². The van der Waals surface area contributed by atoms with Gasteiger partial charge in [-0.3, -0.25) is 4.79 Å². The van der Waals surface area contributed by atoms with Crippen LogP contribution in [0, 0.1) is 5.89 Å². The van der Waals surface area contributed by atoms with Gasteiger partial charge in [0.15, 0.2) is 6.15 Å². The van der Waals surface area contributed by atoms with Crippen molar-refractivity contribution >= 4 is 16.7 Å². The largest absolute Gasteiger partial charge is 0.497 e. The molecule has 5 nitrogen and oxygen atoms in total. The topological polar surface area (TPSA) is 60.5 Å². The third-order valence-electron chi connectivity index (χ3n) is 3.91. The van der Waals surface area contributed by atoms with Crippen molar-refractivity contribution in [1.29, 1.82) is 0 Å². The Labute approximate surface area is 136 Å². The number of carbonyl (C=O) groups excluding carboxylic acids is 1. The molecule has 23 heavy (non-hydrogen) atoms. The second kappa shape index (κ2) is 6.40. The van der Waals surface area contributed by atoms with E-state index in [1.165, 1.54) is 0 Å². The van der Waals surface area contributed by atoms with Crippen molar-refractivity contribution in [2.45, 2.75) is 25.5 Å². The number of hydrogen-bond donors (Lipinski definition) is 1. The fourth-order valence-electron chi connectivity index (χ4n) is 2.68. The van der Waals surface area contributed by atoms with Crippen LogP contribution in [0.3, 0.4) is 0 Å². The zero-order chi connectivity index (χ0) is 18.2. The van der Waals surface area contributed by atoms with Crippen molar-refractivity contribution in [3.63, 3.8) is 0 Å². The van der Waals surface area contributed by atoms with Gasteiger partial charge in [0.2, 0.25) is 5.88 Å². The molecule has 1 fully saturated rings. The fraction of sp³-hybridized carbons (Fsp3) is 0.412. The third kappa shape index (κ3) is 2.93. The molecule has 2 heterocycles. The molecular weight excluding hydrogens is 299 g/mol. The Morgan fingerprint density at radius 1 is 1.43 bits per heavy atom. The number of halogens is 1. The highest BCUT2D eigenvalue weighted by molar-refractivity contribution is 5.88. The van der Waals surface area contributed by atoms with Crippen molar-refractivity contribution in [3.05, 3.63) is 30.5 Å². The van der Waals surface area contributed by atoms with Crippen LogP contribution in [-0.4, -0.2) is 36.8 Å². The lowest BCUT2D eigenvalue weighted by molar-refractivity contribution is -0.123. The van der Waals surface area contributed by atoms with Crippen LogP contribution >= 0.6 is 0 Å². The first-order valence-electron chi connectivity index (χ1n) is 8.39. The van der Waals surface area contributed by atoms with Crippen molar-refractivity contribution < 1.29 is 21.4 Å². The lowest BCUT2D eigenvalue weighted by Gasteiger charge is -2.18. The zero-order valence-corrected chi connectivity index (χ0v) is 12.9. The molecule has 1 aromatic heterocycles. The Kier molecular flexibility index (Phi) is 3.65. The van der Waals surface area contributed by atoms with E-state index in [2.05, 4.69) is 10.3 Å². The van der Waals surface area contributed by atoms with Crippen LogP contribution in [0.1, 0.15) is 16.1 Å². The summed E-state index contributed by atoms with van der Waals surface area (Å²) < 4.78 is 41.1. The number of benzene rings is 1. The number of nitrogens with zero attached hydrogens (tertiary/aromatic N) is 1. The van der Waals surface area contributed by atoms with Gasteiger partial charge >= 0.3 is 0 Å². The van der Waals surface area contributed by atoms with E-state index in [0.717, 1.165) is 5.39 Å². The maximum atomic E-state index is 14.4. The van der Waals surface area contributed by atoms with Gasteiger partial charge < -0.3 is 14.8 Å². The smallest absolute Gasteiger partial charge is 0.255 e. The number of nitrogens with one attached hydrogen (secondary N) is 1. The van der Waals surface area contributed by atoms with Crippen LogP contribution in [0.5, 0.6) is 11.6 Å². The van der Waals surface area contributed by atoms with Crippen molar-refractivity contribution in [2.75, 3.05) is 13.7 Å². The molecule has 3 rings (SSSR count). The molecule has 1 aliphatic heterocycles. The first-order chi connectivity index (χ1) is 11.8. The highest BCUT2D eigenvalue weighted by Gasteiger charge is 2.41. The molecule has 0 radical (unpaired) electrons. The summed E-state index contributed by atoms with van der Waals surface area (Å²) in [7, 11) is 1.55. The standard InChI is InChI=1S/C17H19FN2O3/c1-3-12-14(20-16(21)15(12)18)9-23-17-13-8-11(22-2)5-4-10(13)6-7-19-17/h4-8,12,14-15H,3,9H2,1-2H3,(H,20,21)/t12-,14+,15-/m0/s1/i12D,15D. The van der Waals surface area contributed by atoms with E-state index in [-0.39, 0.29) is 13.0 Å². The third-order valence-corrected chi connectivity index (χ3v) is 3.91. The van der Waals surface area contributed by atoms with E-state index >= 15 is 0 Å². The van der Waals surface area contributed by atoms with E-state index in [1.54, 1.807) is 26.3 Å². The van der Waals surface area contributed by atoms with Crippen LogP contribution in [-0.2, 0) is 4.79 Å². The number of hydrogen-bond acceptors (Lipinski definition) is 4. The van der Waals surface area contributed by atoms with E-state index < -0.39 is 24.0 Å². The number of methoxy groups -OCH3 is 1. The Balaban J connectivity index is 1.87. The normalized spacial score (nSPS) is 31.4. The molecule has 1 N–H and O–H groups in total. The maximum absolute atomic E-state index is 14.4.